The van der Waals surface area contributed by atoms with Gasteiger partial charge in [0.15, 0.2) is 5.82 Å². The van der Waals surface area contributed by atoms with E-state index in [-0.39, 0.29) is 17.9 Å². The van der Waals surface area contributed by atoms with Crippen LogP contribution in [0.25, 0.3) is 11.4 Å². The highest BCUT2D eigenvalue weighted by Gasteiger charge is 2.35. The number of amides is 1. The number of likely N-dealkylation sites (tertiary alicyclic amines) is 1. The minimum Gasteiger partial charge on any atom is -0.492 e. The van der Waals surface area contributed by atoms with E-state index >= 15 is 0 Å². The summed E-state index contributed by atoms with van der Waals surface area (Å²) in [5.41, 5.74) is 2.49. The fraction of sp³-hybridized carbons (Fsp3) is 0.360. The summed E-state index contributed by atoms with van der Waals surface area (Å²) in [5, 5.41) is 0. The summed E-state index contributed by atoms with van der Waals surface area (Å²) in [6, 6.07) is 11.6. The van der Waals surface area contributed by atoms with E-state index in [1.54, 1.807) is 30.9 Å². The molecular weight excluding hydrogens is 388 g/mol. The lowest BCUT2D eigenvalue weighted by atomic mass is 9.87. The van der Waals surface area contributed by atoms with Crippen LogP contribution in [0.5, 0.6) is 5.75 Å². The SMILES string of the molecule is CCC1[C@@H](COc2cccnc2)CCCN1C(=O)c1cc(C)ccc1-c1ncccn1. The van der Waals surface area contributed by atoms with E-state index in [4.69, 9.17) is 4.74 Å². The molecule has 0 N–H and O–H groups in total. The van der Waals surface area contributed by atoms with Crippen molar-refractivity contribution in [1.82, 2.24) is 19.9 Å². The Kier molecular flexibility index (Phi) is 6.55. The Bertz CT molecular complexity index is 1010. The Balaban J connectivity index is 1.58. The molecule has 0 aliphatic carbocycles. The van der Waals surface area contributed by atoms with Crippen LogP contribution in [0.15, 0.2) is 61.2 Å². The largest absolute Gasteiger partial charge is 0.492 e. The second-order valence-electron chi connectivity index (χ2n) is 8.00. The second kappa shape index (κ2) is 9.69. The Morgan fingerprint density at radius 1 is 1.16 bits per heavy atom. The number of carbonyl (C=O) groups excluding carboxylic acids is 1. The van der Waals surface area contributed by atoms with Crippen molar-refractivity contribution in [3.05, 3.63) is 72.3 Å². The van der Waals surface area contributed by atoms with Crippen LogP contribution in [-0.2, 0) is 0 Å². The lowest BCUT2D eigenvalue weighted by Crippen LogP contribution is -2.49. The van der Waals surface area contributed by atoms with Gasteiger partial charge in [-0.2, -0.15) is 0 Å². The maximum absolute atomic E-state index is 13.8. The zero-order valence-electron chi connectivity index (χ0n) is 18.1. The minimum absolute atomic E-state index is 0.0454. The summed E-state index contributed by atoms with van der Waals surface area (Å²) in [4.78, 5) is 28.7. The van der Waals surface area contributed by atoms with E-state index in [2.05, 4.69) is 21.9 Å². The van der Waals surface area contributed by atoms with E-state index in [0.29, 0.717) is 18.0 Å². The molecule has 1 aliphatic heterocycles. The zero-order chi connectivity index (χ0) is 21.6. The number of hydrogen-bond donors (Lipinski definition) is 0. The predicted molar refractivity (Wildman–Crippen MR) is 120 cm³/mol. The van der Waals surface area contributed by atoms with Gasteiger partial charge >= 0.3 is 0 Å². The fourth-order valence-electron chi connectivity index (χ4n) is 4.40. The van der Waals surface area contributed by atoms with Gasteiger partial charge in [0.2, 0.25) is 0 Å². The van der Waals surface area contributed by atoms with Crippen LogP contribution in [0.3, 0.4) is 0 Å². The van der Waals surface area contributed by atoms with Gasteiger partial charge in [-0.15, -0.1) is 0 Å². The predicted octanol–water partition coefficient (Wildman–Crippen LogP) is 4.56. The third-order valence-electron chi connectivity index (χ3n) is 5.91. The zero-order valence-corrected chi connectivity index (χ0v) is 18.1. The summed E-state index contributed by atoms with van der Waals surface area (Å²) < 4.78 is 6.00. The molecule has 2 aromatic heterocycles. The van der Waals surface area contributed by atoms with E-state index in [0.717, 1.165) is 42.7 Å². The Morgan fingerprint density at radius 2 is 2.00 bits per heavy atom. The lowest BCUT2D eigenvalue weighted by molar-refractivity contribution is 0.0396. The van der Waals surface area contributed by atoms with E-state index in [9.17, 15) is 4.79 Å². The van der Waals surface area contributed by atoms with Crippen molar-refractivity contribution < 1.29 is 9.53 Å². The van der Waals surface area contributed by atoms with Crippen molar-refractivity contribution in [2.45, 2.75) is 39.2 Å². The summed E-state index contributed by atoms with van der Waals surface area (Å²) >= 11 is 0. The molecule has 4 rings (SSSR count). The quantitative estimate of drug-likeness (QED) is 0.589. The average molecular weight is 417 g/mol. The molecule has 1 unspecified atom stereocenters. The van der Waals surface area contributed by atoms with Gasteiger partial charge in [-0.1, -0.05) is 24.6 Å². The number of nitrogens with zero attached hydrogens (tertiary/aromatic N) is 4. The molecule has 1 aromatic carbocycles. The first kappa shape index (κ1) is 21.0. The normalized spacial score (nSPS) is 18.6. The Morgan fingerprint density at radius 3 is 2.74 bits per heavy atom. The average Bonchev–Trinajstić information content (AvgIpc) is 2.83. The van der Waals surface area contributed by atoms with Gasteiger partial charge in [-0.05, 0) is 50.5 Å². The summed E-state index contributed by atoms with van der Waals surface area (Å²) in [6.45, 7) is 5.48. The number of aryl methyl sites for hydroxylation is 1. The van der Waals surface area contributed by atoms with Crippen molar-refractivity contribution in [1.29, 1.82) is 0 Å². The molecule has 160 valence electrons. The standard InChI is InChI=1S/C25H28N4O2/c1-3-23-19(17-31-20-8-4-11-26-16-20)7-5-14-29(23)25(30)22-15-18(2)9-10-21(22)24-27-12-6-13-28-24/h4,6,8-13,15-16,19,23H,3,5,7,14,17H2,1-2H3/t19-,23?/m1/s1. The molecule has 3 aromatic rings. The molecule has 0 saturated carbocycles. The summed E-state index contributed by atoms with van der Waals surface area (Å²) in [6.07, 6.45) is 9.77. The topological polar surface area (TPSA) is 68.2 Å². The van der Waals surface area contributed by atoms with Gasteiger partial charge in [-0.25, -0.2) is 9.97 Å². The van der Waals surface area contributed by atoms with Crippen LogP contribution in [0.1, 0.15) is 42.1 Å². The summed E-state index contributed by atoms with van der Waals surface area (Å²) in [7, 11) is 0. The van der Waals surface area contributed by atoms with E-state index < -0.39 is 0 Å². The lowest BCUT2D eigenvalue weighted by Gasteiger charge is -2.41. The van der Waals surface area contributed by atoms with Crippen molar-refractivity contribution in [3.8, 4) is 17.1 Å². The molecule has 3 heterocycles. The molecular formula is C25H28N4O2. The first-order chi connectivity index (χ1) is 15.2. The Hall–Kier alpha value is -3.28. The third kappa shape index (κ3) is 4.74. The van der Waals surface area contributed by atoms with Gasteiger partial charge in [0.1, 0.15) is 5.75 Å². The van der Waals surface area contributed by atoms with Crippen molar-refractivity contribution in [3.63, 3.8) is 0 Å². The van der Waals surface area contributed by atoms with Crippen LogP contribution in [0, 0.1) is 12.8 Å². The van der Waals surface area contributed by atoms with Gasteiger partial charge in [0.05, 0.1) is 18.4 Å². The maximum Gasteiger partial charge on any atom is 0.254 e. The van der Waals surface area contributed by atoms with E-state index in [1.807, 2.05) is 42.2 Å². The second-order valence-corrected chi connectivity index (χ2v) is 8.00. The molecule has 6 heteroatoms. The van der Waals surface area contributed by atoms with Crippen LogP contribution < -0.4 is 4.74 Å². The van der Waals surface area contributed by atoms with Crippen LogP contribution in [0.4, 0.5) is 0 Å². The first-order valence-electron chi connectivity index (χ1n) is 10.9. The summed E-state index contributed by atoms with van der Waals surface area (Å²) in [5.74, 6) is 1.67. The molecule has 1 saturated heterocycles. The molecule has 0 radical (unpaired) electrons. The monoisotopic (exact) mass is 416 g/mol. The molecule has 6 nitrogen and oxygen atoms in total. The third-order valence-corrected chi connectivity index (χ3v) is 5.91. The fourth-order valence-corrected chi connectivity index (χ4v) is 4.40. The smallest absolute Gasteiger partial charge is 0.254 e. The molecule has 31 heavy (non-hydrogen) atoms. The number of rotatable bonds is 6. The highest BCUT2D eigenvalue weighted by atomic mass is 16.5. The number of carbonyl (C=O) groups is 1. The van der Waals surface area contributed by atoms with Gasteiger partial charge in [0, 0.05) is 42.7 Å². The van der Waals surface area contributed by atoms with Crippen molar-refractivity contribution in [2.75, 3.05) is 13.2 Å². The van der Waals surface area contributed by atoms with Gasteiger partial charge < -0.3 is 9.64 Å². The Labute approximate surface area is 183 Å². The number of hydrogen-bond acceptors (Lipinski definition) is 5. The number of pyridine rings is 1. The van der Waals surface area contributed by atoms with Gasteiger partial charge in [-0.3, -0.25) is 9.78 Å². The van der Waals surface area contributed by atoms with Crippen LogP contribution >= 0.6 is 0 Å². The molecule has 0 bridgehead atoms. The van der Waals surface area contributed by atoms with E-state index in [1.165, 1.54) is 0 Å². The van der Waals surface area contributed by atoms with Crippen molar-refractivity contribution >= 4 is 5.91 Å². The molecule has 0 spiro atoms. The minimum atomic E-state index is 0.0454. The van der Waals surface area contributed by atoms with Crippen molar-refractivity contribution in [2.24, 2.45) is 5.92 Å². The molecule has 2 atom stereocenters. The molecule has 1 aliphatic rings. The maximum atomic E-state index is 13.8. The molecule has 1 amide bonds. The van der Waals surface area contributed by atoms with Crippen LogP contribution in [-0.4, -0.2) is 45.0 Å². The van der Waals surface area contributed by atoms with Crippen LogP contribution in [0.2, 0.25) is 0 Å². The van der Waals surface area contributed by atoms with Gasteiger partial charge in [0.25, 0.3) is 5.91 Å². The number of benzene rings is 1. The number of ether oxygens (including phenoxy) is 1. The number of piperidine rings is 1. The first-order valence-corrected chi connectivity index (χ1v) is 10.9. The highest BCUT2D eigenvalue weighted by molar-refractivity contribution is 6.00. The molecule has 1 fully saturated rings. The number of aromatic nitrogens is 3. The highest BCUT2D eigenvalue weighted by Crippen LogP contribution is 2.31.